The van der Waals surface area contributed by atoms with Gasteiger partial charge in [-0.25, -0.2) is 13.6 Å². The number of hydrogen-bond acceptors (Lipinski definition) is 13. The number of rotatable bonds is 23. The summed E-state index contributed by atoms with van der Waals surface area (Å²) in [5.74, 6) is -0.904. The number of nitrogens with two attached hydrogens (primary N) is 1. The Kier molecular flexibility index (Phi) is 29.4. The average molecular weight is 1420 g/mol. The molecule has 6 aromatic carbocycles. The van der Waals surface area contributed by atoms with Gasteiger partial charge in [0.25, 0.3) is 11.8 Å². The molecule has 2 aliphatic heterocycles. The minimum atomic E-state index is -0.956. The predicted octanol–water partition coefficient (Wildman–Crippen LogP) is 12.1. The summed E-state index contributed by atoms with van der Waals surface area (Å²) in [6, 6.07) is 42.6. The fraction of sp³-hybridized carbons (Fsp3) is 0.457. The molecule has 2 saturated heterocycles. The van der Waals surface area contributed by atoms with Crippen molar-refractivity contribution >= 4 is 47.4 Å². The van der Waals surface area contributed by atoms with Gasteiger partial charge in [0.2, 0.25) is 11.8 Å². The molecule has 0 unspecified atom stereocenters. The fourth-order valence-corrected chi connectivity index (χ4v) is 12.4. The zero-order valence-corrected chi connectivity index (χ0v) is 60.1. The zero-order chi connectivity index (χ0) is 74.3. The standard InChI is InChI=1S/C28H33FN2O5.C17H21FN2O5.C15H21NO2.C11H12O2.C10H13N/c1-35-24-11-7-19(8-12-24)25-18-21(25)17-23(32)3-2-4-26(28(34)31-13-15-36-16-14-31)30-27(33)20-5-9-22(29)10-6-20;18-13-6-4-12(5-7-13)16(23)19-14(2-1-3-15(21)22)17(24)20-8-10-25-11-9-20;1-10-5-7-11(8-6-10)12-9-13(12)16-14(17)18-15(2,3)4;1-7-2-4-8(5-3-7)9-6-10(9)11(12)13;1-7-2-4-8(5-3-7)9-6-10(9)11/h5-12,21,25-26H,2-4,13-18H2,1H3,(H,30,33);4-7,14H,1-3,8-11H2,(H,19,23)(H,21,22);5-8,12-13H,9H2,1-4H3,(H,16,17);2-5,9-10H,6H2,1H3,(H,12,13);2-5,9-10H,6,11H2,1H3/t21-,25+,26+;14-;12-,13+;2*9-,10+/m10000/s1. The minimum Gasteiger partial charge on any atom is -0.497 e. The Morgan fingerprint density at radius 1 is 0.544 bits per heavy atom. The quantitative estimate of drug-likeness (QED) is 0.0348. The minimum absolute atomic E-state index is 0.0840. The summed E-state index contributed by atoms with van der Waals surface area (Å²) in [7, 11) is 1.64. The van der Waals surface area contributed by atoms with Gasteiger partial charge in [0.15, 0.2) is 0 Å². The Bertz CT molecular complexity index is 3770. The van der Waals surface area contributed by atoms with Gasteiger partial charge in [0.05, 0.1) is 39.5 Å². The van der Waals surface area contributed by atoms with E-state index in [1.165, 1.54) is 76.2 Å². The fourth-order valence-electron chi connectivity index (χ4n) is 12.4. The van der Waals surface area contributed by atoms with Crippen molar-refractivity contribution in [3.05, 3.63) is 207 Å². The van der Waals surface area contributed by atoms with Crippen molar-refractivity contribution in [3.8, 4) is 5.75 Å². The molecule has 552 valence electrons. The number of benzene rings is 6. The number of amides is 5. The summed E-state index contributed by atoms with van der Waals surface area (Å²) in [6.45, 7) is 15.4. The number of morpholine rings is 2. The van der Waals surface area contributed by atoms with Crippen LogP contribution in [-0.4, -0.2) is 157 Å². The van der Waals surface area contributed by atoms with E-state index in [9.17, 15) is 47.1 Å². The zero-order valence-electron chi connectivity index (χ0n) is 60.1. The molecule has 6 fully saturated rings. The van der Waals surface area contributed by atoms with E-state index in [2.05, 4.69) is 90.5 Å². The van der Waals surface area contributed by atoms with Crippen LogP contribution in [0.5, 0.6) is 5.75 Å². The van der Waals surface area contributed by atoms with Crippen molar-refractivity contribution in [1.29, 1.82) is 0 Å². The molecule has 2 heterocycles. The van der Waals surface area contributed by atoms with Crippen molar-refractivity contribution in [1.82, 2.24) is 25.8 Å². The molecule has 0 bridgehead atoms. The van der Waals surface area contributed by atoms with Crippen LogP contribution in [0.2, 0.25) is 0 Å². The molecular formula is C81H100F2N6O14. The molecule has 0 aromatic heterocycles. The van der Waals surface area contributed by atoms with E-state index < -0.39 is 53.1 Å². The number of halogens is 2. The third-order valence-corrected chi connectivity index (χ3v) is 18.8. The summed E-state index contributed by atoms with van der Waals surface area (Å²) in [5, 5.41) is 25.9. The van der Waals surface area contributed by atoms with Crippen LogP contribution in [0, 0.1) is 44.2 Å². The van der Waals surface area contributed by atoms with E-state index in [4.69, 9.17) is 34.9 Å². The maximum atomic E-state index is 13.2. The summed E-state index contributed by atoms with van der Waals surface area (Å²) in [4.78, 5) is 99.6. The maximum absolute atomic E-state index is 13.2. The number of nitrogens with zero attached hydrogens (tertiary/aromatic N) is 2. The number of hydrogen-bond donors (Lipinski definition) is 6. The van der Waals surface area contributed by atoms with Crippen molar-refractivity contribution in [3.63, 3.8) is 0 Å². The second-order valence-electron chi connectivity index (χ2n) is 28.4. The molecule has 103 heavy (non-hydrogen) atoms. The molecule has 7 N–H and O–H groups in total. The Hall–Kier alpha value is -9.38. The average Bonchev–Trinajstić information content (AvgIpc) is 1.67. The number of carbonyl (C=O) groups is 8. The Morgan fingerprint density at radius 2 is 0.951 bits per heavy atom. The van der Waals surface area contributed by atoms with Crippen LogP contribution in [0.1, 0.15) is 175 Å². The number of nitrogens with one attached hydrogen (secondary N) is 3. The van der Waals surface area contributed by atoms with Gasteiger partial charge >= 0.3 is 18.0 Å². The Morgan fingerprint density at radius 3 is 1.35 bits per heavy atom. The summed E-state index contributed by atoms with van der Waals surface area (Å²) in [5.41, 5.74) is 14.7. The summed E-state index contributed by atoms with van der Waals surface area (Å²) >= 11 is 0. The second kappa shape index (κ2) is 38.2. The molecule has 22 heteroatoms. The van der Waals surface area contributed by atoms with Crippen LogP contribution in [-0.2, 0) is 38.2 Å². The van der Waals surface area contributed by atoms with E-state index in [1.807, 2.05) is 64.1 Å². The lowest BCUT2D eigenvalue weighted by atomic mass is 10.0. The van der Waals surface area contributed by atoms with Gasteiger partial charge in [-0.1, -0.05) is 102 Å². The highest BCUT2D eigenvalue weighted by atomic mass is 19.1. The lowest BCUT2D eigenvalue weighted by Crippen LogP contribution is -2.51. The van der Waals surface area contributed by atoms with E-state index in [1.54, 1.807) is 16.9 Å². The highest BCUT2D eigenvalue weighted by Gasteiger charge is 2.44. The molecule has 6 aromatic rings. The highest BCUT2D eigenvalue weighted by molar-refractivity contribution is 5.98. The van der Waals surface area contributed by atoms with Gasteiger partial charge in [-0.05, 0) is 194 Å². The third-order valence-electron chi connectivity index (χ3n) is 18.8. The van der Waals surface area contributed by atoms with E-state index in [0.717, 1.165) is 42.7 Å². The Balaban J connectivity index is 0.000000174. The van der Waals surface area contributed by atoms with Crippen LogP contribution in [0.15, 0.2) is 146 Å². The largest absolute Gasteiger partial charge is 0.497 e. The van der Waals surface area contributed by atoms with Gasteiger partial charge in [-0.2, -0.15) is 0 Å². The summed E-state index contributed by atoms with van der Waals surface area (Å²) < 4.78 is 47.2. The SMILES string of the molecule is COc1ccc([C@@H]2C[C@H]2CC(=O)CCC[C@H](NC(=O)c2ccc(F)cc2)C(=O)N2CCOCC2)cc1.Cc1ccc([C@@H]2C[C@H]2C(=O)O)cc1.Cc1ccc([C@@H]2C[C@H]2N)cc1.Cc1ccc([C@@H]2C[C@H]2NC(=O)OC(C)(C)C)cc1.O=C(O)CCC[C@H](NC(=O)c1ccc(F)cc1)C(=O)N1CCOCC1. The first kappa shape index (κ1) is 79.3. The molecule has 5 amide bonds. The van der Waals surface area contributed by atoms with Crippen molar-refractivity contribution in [2.45, 2.75) is 166 Å². The molecule has 0 spiro atoms. The van der Waals surface area contributed by atoms with Crippen molar-refractivity contribution < 1.29 is 76.3 Å². The molecule has 10 atom stereocenters. The lowest BCUT2D eigenvalue weighted by molar-refractivity contribution is -0.139. The van der Waals surface area contributed by atoms with Crippen LogP contribution in [0.25, 0.3) is 0 Å². The maximum Gasteiger partial charge on any atom is 0.407 e. The number of ether oxygens (including phenoxy) is 4. The molecule has 6 aliphatic rings. The van der Waals surface area contributed by atoms with Gasteiger partial charge in [-0.3, -0.25) is 33.6 Å². The number of Topliss-reactive ketones (excluding diaryl/α,β-unsaturated/α-hetero) is 1. The number of aryl methyl sites for hydroxylation is 3. The van der Waals surface area contributed by atoms with Crippen LogP contribution >= 0.6 is 0 Å². The molecule has 20 nitrogen and oxygen atoms in total. The smallest absolute Gasteiger partial charge is 0.407 e. The third kappa shape index (κ3) is 26.4. The van der Waals surface area contributed by atoms with Gasteiger partial charge in [-0.15, -0.1) is 0 Å². The van der Waals surface area contributed by atoms with Crippen LogP contribution in [0.3, 0.4) is 0 Å². The number of alkyl carbamates (subject to hydrolysis) is 1. The predicted molar refractivity (Wildman–Crippen MR) is 387 cm³/mol. The Labute approximate surface area is 602 Å². The number of ketones is 1. The van der Waals surface area contributed by atoms with E-state index in [0.29, 0.717) is 108 Å². The summed E-state index contributed by atoms with van der Waals surface area (Å²) in [6.07, 6.45) is 5.82. The number of methoxy groups -OCH3 is 1. The first-order valence-corrected chi connectivity index (χ1v) is 35.6. The van der Waals surface area contributed by atoms with Gasteiger partial charge in [0.1, 0.15) is 40.9 Å². The first-order valence-electron chi connectivity index (χ1n) is 35.6. The monoisotopic (exact) mass is 1420 g/mol. The molecular weight excluding hydrogens is 1320 g/mol. The topological polar surface area (TPSA) is 283 Å². The van der Waals surface area contributed by atoms with Crippen LogP contribution in [0.4, 0.5) is 13.6 Å². The molecule has 0 radical (unpaired) electrons. The number of aliphatic carboxylic acids is 2. The van der Waals surface area contributed by atoms with Gasteiger partial charge < -0.3 is 60.6 Å². The first-order chi connectivity index (χ1) is 49.2. The normalized spacial score (nSPS) is 20.9. The number of carbonyl (C=O) groups excluding carboxylic acids is 6. The number of carboxylic acids is 2. The second-order valence-corrected chi connectivity index (χ2v) is 28.4. The molecule has 12 rings (SSSR count). The van der Waals surface area contributed by atoms with Crippen molar-refractivity contribution in [2.24, 2.45) is 17.6 Å². The highest BCUT2D eigenvalue weighted by Crippen LogP contribution is 2.50. The van der Waals surface area contributed by atoms with Crippen LogP contribution < -0.4 is 26.4 Å². The molecule has 4 aliphatic carbocycles. The molecule has 4 saturated carbocycles. The lowest BCUT2D eigenvalue weighted by Gasteiger charge is -2.30. The number of carboxylic acid groups (broad SMARTS) is 2. The van der Waals surface area contributed by atoms with E-state index >= 15 is 0 Å². The van der Waals surface area contributed by atoms with Gasteiger partial charge in [0, 0.05) is 80.5 Å². The van der Waals surface area contributed by atoms with E-state index in [-0.39, 0.29) is 72.0 Å². The van der Waals surface area contributed by atoms with Crippen molar-refractivity contribution in [2.75, 3.05) is 59.7 Å².